The Labute approximate surface area is 149 Å². The van der Waals surface area contributed by atoms with Gasteiger partial charge >= 0.3 is 0 Å². The van der Waals surface area contributed by atoms with Crippen LogP contribution < -0.4 is 21.1 Å². The third-order valence-corrected chi connectivity index (χ3v) is 6.19. The summed E-state index contributed by atoms with van der Waals surface area (Å²) in [7, 11) is 1.77. The van der Waals surface area contributed by atoms with Gasteiger partial charge in [0, 0.05) is 42.9 Å². The molecule has 3 N–H and O–H groups in total. The summed E-state index contributed by atoms with van der Waals surface area (Å²) in [6.07, 6.45) is 2.57. The van der Waals surface area contributed by atoms with E-state index in [1.165, 1.54) is 0 Å². The second kappa shape index (κ2) is 6.50. The maximum atomic E-state index is 13.5. The second-order valence-corrected chi connectivity index (χ2v) is 8.40. The van der Waals surface area contributed by atoms with Gasteiger partial charge in [0.1, 0.15) is 5.82 Å². The number of nitrogens with zero attached hydrogens (tertiary/aromatic N) is 1. The first-order valence-electron chi connectivity index (χ1n) is 9.27. The molecule has 0 aromatic heterocycles. The van der Waals surface area contributed by atoms with Crippen molar-refractivity contribution in [3.8, 4) is 0 Å². The number of methoxy groups -OCH3 is 1. The van der Waals surface area contributed by atoms with Crippen molar-refractivity contribution in [2.75, 3.05) is 25.2 Å². The Balaban J connectivity index is 1.67. The van der Waals surface area contributed by atoms with Crippen LogP contribution in [0.3, 0.4) is 0 Å². The third kappa shape index (κ3) is 3.05. The van der Waals surface area contributed by atoms with Gasteiger partial charge in [-0.3, -0.25) is 16.2 Å². The third-order valence-electron chi connectivity index (χ3n) is 6.19. The minimum atomic E-state index is -0.187. The fourth-order valence-electron chi connectivity index (χ4n) is 5.00. The number of piperidine rings is 1. The van der Waals surface area contributed by atoms with Crippen LogP contribution >= 0.6 is 0 Å². The molecule has 4 rings (SSSR count). The monoisotopic (exact) mass is 348 g/mol. The zero-order chi connectivity index (χ0) is 17.6. The number of ether oxygens (including phenoxy) is 1. The highest BCUT2D eigenvalue weighted by Crippen LogP contribution is 2.45. The summed E-state index contributed by atoms with van der Waals surface area (Å²) >= 11 is 0. The van der Waals surface area contributed by atoms with Gasteiger partial charge < -0.3 is 9.64 Å². The average molecular weight is 348 g/mol. The molecule has 5 unspecified atom stereocenters. The summed E-state index contributed by atoms with van der Waals surface area (Å²) in [4.78, 5) is 2.48. The molecule has 1 aromatic carbocycles. The smallest absolute Gasteiger partial charge is 0.123 e. The Morgan fingerprint density at radius 3 is 2.68 bits per heavy atom. The lowest BCUT2D eigenvalue weighted by Gasteiger charge is -2.44. The highest BCUT2D eigenvalue weighted by Gasteiger charge is 2.52. The Morgan fingerprint density at radius 1 is 1.20 bits per heavy atom. The van der Waals surface area contributed by atoms with Crippen LogP contribution in [0.4, 0.5) is 10.1 Å². The normalized spacial score (nSPS) is 34.9. The minimum absolute atomic E-state index is 0.0168. The van der Waals surface area contributed by atoms with E-state index in [0.717, 1.165) is 25.1 Å². The molecule has 0 aliphatic carbocycles. The molecule has 3 saturated heterocycles. The largest absolute Gasteiger partial charge is 0.384 e. The molecule has 0 radical (unpaired) electrons. The van der Waals surface area contributed by atoms with E-state index in [1.807, 2.05) is 12.1 Å². The van der Waals surface area contributed by atoms with Crippen LogP contribution in [0.2, 0.25) is 0 Å². The molecule has 3 heterocycles. The van der Waals surface area contributed by atoms with Gasteiger partial charge in [0.2, 0.25) is 0 Å². The van der Waals surface area contributed by atoms with Gasteiger partial charge in [0.05, 0.1) is 12.8 Å². The fourth-order valence-corrected chi connectivity index (χ4v) is 5.00. The van der Waals surface area contributed by atoms with Gasteiger partial charge in [0.25, 0.3) is 0 Å². The Morgan fingerprint density at radius 2 is 1.96 bits per heavy atom. The summed E-state index contributed by atoms with van der Waals surface area (Å²) in [6, 6.07) is 8.22. The maximum absolute atomic E-state index is 13.5. The van der Waals surface area contributed by atoms with E-state index in [1.54, 1.807) is 19.2 Å². The number of rotatable bonds is 4. The summed E-state index contributed by atoms with van der Waals surface area (Å²) in [6.45, 7) is 6.20. The number of halogens is 1. The van der Waals surface area contributed by atoms with Crippen LogP contribution in [0.25, 0.3) is 0 Å². The Hall–Kier alpha value is -1.21. The maximum Gasteiger partial charge on any atom is 0.123 e. The molecule has 0 bridgehead atoms. The van der Waals surface area contributed by atoms with Gasteiger partial charge in [-0.25, -0.2) is 4.39 Å². The van der Waals surface area contributed by atoms with E-state index in [2.05, 4.69) is 34.9 Å². The Bertz CT molecular complexity index is 608. The first-order valence-corrected chi connectivity index (χ1v) is 9.27. The quantitative estimate of drug-likeness (QED) is 0.775. The number of fused-ring (bicyclic) bond motifs is 2. The molecule has 5 atom stereocenters. The van der Waals surface area contributed by atoms with Gasteiger partial charge in [-0.15, -0.1) is 0 Å². The topological polar surface area (TPSA) is 48.6 Å². The molecular formula is C19H29FN4O. The molecule has 138 valence electrons. The van der Waals surface area contributed by atoms with Crippen LogP contribution in [0.1, 0.15) is 26.7 Å². The van der Waals surface area contributed by atoms with Crippen LogP contribution in [-0.2, 0) is 4.74 Å². The van der Waals surface area contributed by atoms with Crippen molar-refractivity contribution in [2.24, 2.45) is 11.3 Å². The second-order valence-electron chi connectivity index (χ2n) is 8.40. The van der Waals surface area contributed by atoms with E-state index in [9.17, 15) is 4.39 Å². The SMILES string of the molecule is COCC(C)(C)C1CC2CC3NNCC3NC2N1c1ccc(F)cc1. The molecule has 1 aromatic rings. The first kappa shape index (κ1) is 17.2. The Kier molecular flexibility index (Phi) is 4.48. The summed E-state index contributed by atoms with van der Waals surface area (Å²) in [5.41, 5.74) is 7.79. The number of nitrogens with one attached hydrogen (secondary N) is 3. The van der Waals surface area contributed by atoms with Gasteiger partial charge in [-0.1, -0.05) is 13.8 Å². The van der Waals surface area contributed by atoms with E-state index >= 15 is 0 Å². The predicted molar refractivity (Wildman–Crippen MR) is 96.7 cm³/mol. The van der Waals surface area contributed by atoms with Crippen LogP contribution in [-0.4, -0.2) is 44.6 Å². The number of benzene rings is 1. The van der Waals surface area contributed by atoms with Crippen LogP contribution in [0.15, 0.2) is 24.3 Å². The molecule has 0 amide bonds. The van der Waals surface area contributed by atoms with E-state index in [0.29, 0.717) is 30.7 Å². The molecule has 3 aliphatic rings. The standard InChI is InChI=1S/C19H29FN4O/c1-19(2,11-25-3)17-9-12-8-15-16(10-21-23-15)22-18(12)24(17)14-6-4-13(20)5-7-14/h4-7,12,15-18,21-23H,8-11H2,1-3H3. The summed E-state index contributed by atoms with van der Waals surface area (Å²) in [5, 5.41) is 3.85. The van der Waals surface area contributed by atoms with Crippen molar-refractivity contribution in [3.05, 3.63) is 30.1 Å². The molecule has 3 fully saturated rings. The number of hydrogen-bond donors (Lipinski definition) is 3. The van der Waals surface area contributed by atoms with Crippen LogP contribution in [0.5, 0.6) is 0 Å². The van der Waals surface area contributed by atoms with Crippen molar-refractivity contribution in [3.63, 3.8) is 0 Å². The number of anilines is 1. The van der Waals surface area contributed by atoms with Gasteiger partial charge in [0.15, 0.2) is 0 Å². The van der Waals surface area contributed by atoms with Gasteiger partial charge in [-0.2, -0.15) is 0 Å². The zero-order valence-corrected chi connectivity index (χ0v) is 15.3. The number of hydrogen-bond acceptors (Lipinski definition) is 5. The van der Waals surface area contributed by atoms with Crippen molar-refractivity contribution < 1.29 is 9.13 Å². The van der Waals surface area contributed by atoms with E-state index < -0.39 is 0 Å². The van der Waals surface area contributed by atoms with E-state index in [4.69, 9.17) is 4.74 Å². The highest BCUT2D eigenvalue weighted by molar-refractivity contribution is 5.51. The zero-order valence-electron chi connectivity index (χ0n) is 15.3. The lowest BCUT2D eigenvalue weighted by molar-refractivity contribution is 0.0847. The van der Waals surface area contributed by atoms with Crippen molar-refractivity contribution >= 4 is 5.69 Å². The van der Waals surface area contributed by atoms with Gasteiger partial charge in [-0.05, 0) is 43.0 Å². The first-order chi connectivity index (χ1) is 12.0. The predicted octanol–water partition coefficient (Wildman–Crippen LogP) is 1.86. The van der Waals surface area contributed by atoms with Crippen LogP contribution in [0, 0.1) is 17.2 Å². The molecule has 5 nitrogen and oxygen atoms in total. The van der Waals surface area contributed by atoms with Crippen molar-refractivity contribution in [1.82, 2.24) is 16.2 Å². The van der Waals surface area contributed by atoms with Crippen molar-refractivity contribution in [2.45, 2.75) is 51.0 Å². The summed E-state index contributed by atoms with van der Waals surface area (Å²) < 4.78 is 19.0. The number of hydrazine groups is 1. The summed E-state index contributed by atoms with van der Waals surface area (Å²) in [5.74, 6) is 0.382. The minimum Gasteiger partial charge on any atom is -0.384 e. The molecular weight excluding hydrogens is 319 g/mol. The molecule has 25 heavy (non-hydrogen) atoms. The molecule has 0 spiro atoms. The van der Waals surface area contributed by atoms with E-state index in [-0.39, 0.29) is 17.4 Å². The lowest BCUT2D eigenvalue weighted by atomic mass is 9.80. The molecule has 3 aliphatic heterocycles. The lowest BCUT2D eigenvalue weighted by Crippen LogP contribution is -2.60. The molecule has 6 heteroatoms. The average Bonchev–Trinajstić information content (AvgIpc) is 3.17. The molecule has 0 saturated carbocycles. The fraction of sp³-hybridized carbons (Fsp3) is 0.684. The van der Waals surface area contributed by atoms with Crippen molar-refractivity contribution in [1.29, 1.82) is 0 Å². The highest BCUT2D eigenvalue weighted by atomic mass is 19.1.